The van der Waals surface area contributed by atoms with Gasteiger partial charge in [-0.25, -0.2) is 0 Å². The summed E-state index contributed by atoms with van der Waals surface area (Å²) in [5.74, 6) is 0. The molecule has 236 valence electrons. The van der Waals surface area contributed by atoms with Crippen LogP contribution in [0.5, 0.6) is 0 Å². The second kappa shape index (κ2) is 10.9. The van der Waals surface area contributed by atoms with E-state index in [1.807, 2.05) is 0 Å². The molecule has 50 heavy (non-hydrogen) atoms. The van der Waals surface area contributed by atoms with Crippen LogP contribution < -0.4 is 4.90 Å². The molecule has 0 atom stereocenters. The number of rotatable bonds is 5. The van der Waals surface area contributed by atoms with Crippen LogP contribution in [0.15, 0.2) is 176 Å². The summed E-state index contributed by atoms with van der Waals surface area (Å²) in [6.07, 6.45) is 0. The molecule has 1 aliphatic carbocycles. The summed E-state index contributed by atoms with van der Waals surface area (Å²) in [6.45, 7) is 4.77. The van der Waals surface area contributed by atoms with Crippen molar-refractivity contribution in [3.05, 3.63) is 187 Å². The fraction of sp³-hybridized carbons (Fsp3) is 0.0612. The van der Waals surface area contributed by atoms with Gasteiger partial charge in [0.15, 0.2) is 0 Å². The van der Waals surface area contributed by atoms with Crippen molar-refractivity contribution in [1.29, 1.82) is 0 Å². The van der Waals surface area contributed by atoms with Crippen LogP contribution in [0.2, 0.25) is 0 Å². The first kappa shape index (κ1) is 28.8. The van der Waals surface area contributed by atoms with E-state index < -0.39 is 0 Å². The number of nitrogens with zero attached hydrogens (tertiary/aromatic N) is 1. The summed E-state index contributed by atoms with van der Waals surface area (Å²) in [6, 6.07) is 64.7. The Kier molecular flexibility index (Phi) is 6.29. The Morgan fingerprint density at radius 2 is 0.840 bits per heavy atom. The molecule has 0 aliphatic heterocycles. The van der Waals surface area contributed by atoms with Gasteiger partial charge in [-0.3, -0.25) is 0 Å². The molecule has 0 saturated heterocycles. The normalized spacial score (nSPS) is 13.2. The first-order valence-corrected chi connectivity index (χ1v) is 17.5. The van der Waals surface area contributed by atoms with Crippen LogP contribution in [0.4, 0.5) is 17.1 Å². The summed E-state index contributed by atoms with van der Waals surface area (Å²) in [4.78, 5) is 2.31. The average Bonchev–Trinajstić information content (AvgIpc) is 3.40. The molecule has 0 spiro atoms. The zero-order valence-corrected chi connectivity index (χ0v) is 28.2. The molecule has 1 nitrogen and oxygen atoms in total. The van der Waals surface area contributed by atoms with Gasteiger partial charge < -0.3 is 4.90 Å². The van der Waals surface area contributed by atoms with Crippen molar-refractivity contribution in [2.45, 2.75) is 19.3 Å². The minimum Gasteiger partial charge on any atom is -0.311 e. The molecule has 0 heterocycles. The molecule has 0 fully saturated rings. The Balaban J connectivity index is 1.02. The molecule has 0 unspecified atom stereocenters. The minimum atomic E-state index is -0.127. The van der Waals surface area contributed by atoms with Crippen molar-refractivity contribution in [3.8, 4) is 33.4 Å². The van der Waals surface area contributed by atoms with Gasteiger partial charge >= 0.3 is 0 Å². The van der Waals surface area contributed by atoms with E-state index in [2.05, 4.69) is 195 Å². The van der Waals surface area contributed by atoms with E-state index in [1.54, 1.807) is 0 Å². The third kappa shape index (κ3) is 4.33. The van der Waals surface area contributed by atoms with Gasteiger partial charge in [0.1, 0.15) is 0 Å². The number of benzene rings is 9. The lowest BCUT2D eigenvalue weighted by Crippen LogP contribution is -2.15. The monoisotopic (exact) mass is 637 g/mol. The second-order valence-electron chi connectivity index (χ2n) is 14.2. The maximum absolute atomic E-state index is 2.46. The lowest BCUT2D eigenvalue weighted by molar-refractivity contribution is 0.661. The molecule has 10 rings (SSSR count). The number of hydrogen-bond acceptors (Lipinski definition) is 1. The fourth-order valence-electron chi connectivity index (χ4n) is 8.48. The minimum absolute atomic E-state index is 0.127. The lowest BCUT2D eigenvalue weighted by atomic mass is 9.80. The molecular formula is C49H35N. The van der Waals surface area contributed by atoms with Crippen LogP contribution in [-0.2, 0) is 5.41 Å². The first-order valence-electron chi connectivity index (χ1n) is 17.5. The van der Waals surface area contributed by atoms with E-state index >= 15 is 0 Å². The van der Waals surface area contributed by atoms with Crippen LogP contribution in [-0.4, -0.2) is 0 Å². The van der Waals surface area contributed by atoms with Crippen LogP contribution in [0.25, 0.3) is 65.7 Å². The summed E-state index contributed by atoms with van der Waals surface area (Å²) < 4.78 is 0. The van der Waals surface area contributed by atoms with Gasteiger partial charge in [0, 0.05) is 22.5 Å². The SMILES string of the molecule is CC1(C)c2cc(-c3ccc(N(c4ccccc4)c4ccccc4)cc3)ccc2-c2ccc(-c3ccc4ccc5cccc6ccc3c4c56)cc21. The highest BCUT2D eigenvalue weighted by molar-refractivity contribution is 6.25. The van der Waals surface area contributed by atoms with Crippen molar-refractivity contribution in [1.82, 2.24) is 0 Å². The van der Waals surface area contributed by atoms with Crippen LogP contribution >= 0.6 is 0 Å². The maximum atomic E-state index is 2.46. The van der Waals surface area contributed by atoms with E-state index in [1.165, 1.54) is 76.8 Å². The van der Waals surface area contributed by atoms with Crippen molar-refractivity contribution < 1.29 is 0 Å². The largest absolute Gasteiger partial charge is 0.311 e. The Morgan fingerprint density at radius 1 is 0.360 bits per heavy atom. The highest BCUT2D eigenvalue weighted by Crippen LogP contribution is 2.51. The van der Waals surface area contributed by atoms with Crippen molar-refractivity contribution in [3.63, 3.8) is 0 Å². The van der Waals surface area contributed by atoms with Gasteiger partial charge in [-0.15, -0.1) is 0 Å². The van der Waals surface area contributed by atoms with E-state index in [4.69, 9.17) is 0 Å². The van der Waals surface area contributed by atoms with Crippen molar-refractivity contribution in [2.75, 3.05) is 4.90 Å². The molecule has 9 aromatic carbocycles. The Morgan fingerprint density at radius 3 is 1.48 bits per heavy atom. The van der Waals surface area contributed by atoms with Gasteiger partial charge in [-0.2, -0.15) is 0 Å². The molecule has 0 radical (unpaired) electrons. The summed E-state index contributed by atoms with van der Waals surface area (Å²) >= 11 is 0. The van der Waals surface area contributed by atoms with Gasteiger partial charge in [0.05, 0.1) is 0 Å². The molecule has 0 aromatic heterocycles. The predicted octanol–water partition coefficient (Wildman–Crippen LogP) is 13.7. The number of anilines is 3. The summed E-state index contributed by atoms with van der Waals surface area (Å²) in [5, 5.41) is 7.97. The van der Waals surface area contributed by atoms with Crippen molar-refractivity contribution >= 4 is 49.4 Å². The topological polar surface area (TPSA) is 3.24 Å². The average molecular weight is 638 g/mol. The van der Waals surface area contributed by atoms with Gasteiger partial charge in [-0.1, -0.05) is 141 Å². The molecule has 0 saturated carbocycles. The van der Waals surface area contributed by atoms with E-state index in [9.17, 15) is 0 Å². The number of hydrogen-bond donors (Lipinski definition) is 0. The van der Waals surface area contributed by atoms with Crippen LogP contribution in [0.1, 0.15) is 25.0 Å². The fourth-order valence-corrected chi connectivity index (χ4v) is 8.48. The molecule has 9 aromatic rings. The van der Waals surface area contributed by atoms with Gasteiger partial charge in [0.25, 0.3) is 0 Å². The Hall–Kier alpha value is -6.18. The van der Waals surface area contributed by atoms with Gasteiger partial charge in [0.2, 0.25) is 0 Å². The van der Waals surface area contributed by atoms with E-state index in [0.717, 1.165) is 17.1 Å². The van der Waals surface area contributed by atoms with E-state index in [-0.39, 0.29) is 5.41 Å². The van der Waals surface area contributed by atoms with Gasteiger partial charge in [-0.05, 0) is 125 Å². The molecule has 1 heteroatoms. The van der Waals surface area contributed by atoms with Crippen LogP contribution in [0, 0.1) is 0 Å². The smallest absolute Gasteiger partial charge is 0.0462 e. The molecular weight excluding hydrogens is 603 g/mol. The first-order chi connectivity index (χ1) is 24.5. The van der Waals surface area contributed by atoms with Crippen molar-refractivity contribution in [2.24, 2.45) is 0 Å². The Labute approximate surface area is 293 Å². The molecule has 0 bridgehead atoms. The highest BCUT2D eigenvalue weighted by Gasteiger charge is 2.36. The lowest BCUT2D eigenvalue weighted by Gasteiger charge is -2.25. The highest BCUT2D eigenvalue weighted by atomic mass is 15.1. The third-order valence-electron chi connectivity index (χ3n) is 11.0. The molecule has 1 aliphatic rings. The molecule has 0 N–H and O–H groups in total. The quantitative estimate of drug-likeness (QED) is 0.170. The Bertz CT molecular complexity index is 2650. The summed E-state index contributed by atoms with van der Waals surface area (Å²) in [5.41, 5.74) is 13.8. The standard InChI is InChI=1S/C49H35N/c1-49(2)45-30-36(32-18-24-40(25-19-32)50(38-12-5-3-6-13-38)39-14-7-4-8-15-39)22-27-42(45)43-28-23-37(31-46(43)49)41-26-20-35-17-16-33-10-9-11-34-21-29-44(41)48(35)47(33)34/h3-31H,1-2H3. The number of para-hydroxylation sites is 2. The van der Waals surface area contributed by atoms with Crippen LogP contribution in [0.3, 0.4) is 0 Å². The zero-order valence-electron chi connectivity index (χ0n) is 28.2. The number of fused-ring (bicyclic) bond motifs is 3. The predicted molar refractivity (Wildman–Crippen MR) is 213 cm³/mol. The zero-order chi connectivity index (χ0) is 33.4. The van der Waals surface area contributed by atoms with E-state index in [0.29, 0.717) is 0 Å². The maximum Gasteiger partial charge on any atom is 0.0462 e. The molecule has 0 amide bonds. The summed E-state index contributed by atoms with van der Waals surface area (Å²) in [7, 11) is 0. The second-order valence-corrected chi connectivity index (χ2v) is 14.2. The third-order valence-corrected chi connectivity index (χ3v) is 11.0.